The Labute approximate surface area is 141 Å². The average molecular weight is 372 g/mol. The lowest BCUT2D eigenvalue weighted by molar-refractivity contribution is -0.176. The number of pyridine rings is 1. The van der Waals surface area contributed by atoms with Crippen LogP contribution in [-0.4, -0.2) is 16.7 Å². The summed E-state index contributed by atoms with van der Waals surface area (Å²) in [7, 11) is 0. The first-order valence-corrected chi connectivity index (χ1v) is 6.90. The summed E-state index contributed by atoms with van der Waals surface area (Å²) in [6.45, 7) is 0. The molecule has 10 heteroatoms. The molecule has 0 spiro atoms. The first-order valence-electron chi connectivity index (χ1n) is 6.90. The SMILES string of the molecule is N#Cc1cncc(Oc2ccc3c(c2C(F)F)C(=O)C(F)(F)C3(F)F)c1. The number of Topliss-reactive ketones (excluding diaryl/α,β-unsaturated/α-hetero) is 1. The molecule has 134 valence electrons. The molecule has 0 unspecified atom stereocenters. The molecule has 1 aliphatic carbocycles. The Morgan fingerprint density at radius 1 is 1.12 bits per heavy atom. The Bertz CT molecular complexity index is 952. The van der Waals surface area contributed by atoms with E-state index in [2.05, 4.69) is 4.98 Å². The molecule has 0 saturated carbocycles. The van der Waals surface area contributed by atoms with Crippen molar-refractivity contribution in [2.45, 2.75) is 18.3 Å². The maximum Gasteiger partial charge on any atom is 0.376 e. The van der Waals surface area contributed by atoms with Gasteiger partial charge in [0.25, 0.3) is 6.43 Å². The molecule has 3 rings (SSSR count). The lowest BCUT2D eigenvalue weighted by Crippen LogP contribution is -2.38. The van der Waals surface area contributed by atoms with Crippen LogP contribution in [-0.2, 0) is 5.92 Å². The van der Waals surface area contributed by atoms with Crippen molar-refractivity contribution in [2.75, 3.05) is 0 Å². The van der Waals surface area contributed by atoms with Crippen LogP contribution in [0.5, 0.6) is 11.5 Å². The fraction of sp³-hybridized carbons (Fsp3) is 0.188. The smallest absolute Gasteiger partial charge is 0.376 e. The maximum absolute atomic E-state index is 13.8. The van der Waals surface area contributed by atoms with Crippen LogP contribution < -0.4 is 4.74 Å². The summed E-state index contributed by atoms with van der Waals surface area (Å²) in [5.74, 6) is -13.4. The number of nitrogens with zero attached hydrogens (tertiary/aromatic N) is 2. The Morgan fingerprint density at radius 2 is 1.81 bits per heavy atom. The molecule has 1 aromatic carbocycles. The van der Waals surface area contributed by atoms with Gasteiger partial charge in [-0.15, -0.1) is 0 Å². The quantitative estimate of drug-likeness (QED) is 0.739. The van der Waals surface area contributed by atoms with Gasteiger partial charge < -0.3 is 4.74 Å². The predicted octanol–water partition coefficient (Wildman–Crippen LogP) is 4.61. The number of fused-ring (bicyclic) bond motifs is 1. The molecule has 1 heterocycles. The van der Waals surface area contributed by atoms with Crippen molar-refractivity contribution in [1.29, 1.82) is 5.26 Å². The third kappa shape index (κ3) is 2.39. The zero-order valence-corrected chi connectivity index (χ0v) is 12.4. The average Bonchev–Trinajstić information content (AvgIpc) is 2.72. The van der Waals surface area contributed by atoms with E-state index >= 15 is 0 Å². The van der Waals surface area contributed by atoms with Gasteiger partial charge in [-0.2, -0.15) is 22.8 Å². The summed E-state index contributed by atoms with van der Waals surface area (Å²) in [5.41, 5.74) is -4.31. The molecule has 26 heavy (non-hydrogen) atoms. The molecule has 0 N–H and O–H groups in total. The third-order valence-corrected chi connectivity index (χ3v) is 3.74. The van der Waals surface area contributed by atoms with Gasteiger partial charge in [0.2, 0.25) is 5.78 Å². The van der Waals surface area contributed by atoms with E-state index in [4.69, 9.17) is 10.00 Å². The number of ether oxygens (including phenoxy) is 1. The number of aromatic nitrogens is 1. The highest BCUT2D eigenvalue weighted by Gasteiger charge is 2.70. The van der Waals surface area contributed by atoms with E-state index in [-0.39, 0.29) is 11.3 Å². The number of halogens is 6. The highest BCUT2D eigenvalue weighted by atomic mass is 19.3. The van der Waals surface area contributed by atoms with E-state index in [1.54, 1.807) is 6.07 Å². The zero-order chi connectivity index (χ0) is 19.3. The minimum Gasteiger partial charge on any atom is -0.455 e. The number of alkyl halides is 6. The number of rotatable bonds is 3. The molecule has 0 fully saturated rings. The second-order valence-corrected chi connectivity index (χ2v) is 5.30. The van der Waals surface area contributed by atoms with Crippen molar-refractivity contribution < 1.29 is 35.9 Å². The van der Waals surface area contributed by atoms with Crippen molar-refractivity contribution in [3.63, 3.8) is 0 Å². The molecular weight excluding hydrogens is 366 g/mol. The van der Waals surface area contributed by atoms with Crippen LogP contribution in [0.15, 0.2) is 30.6 Å². The van der Waals surface area contributed by atoms with Gasteiger partial charge >= 0.3 is 11.8 Å². The minimum atomic E-state index is -5.14. The van der Waals surface area contributed by atoms with Gasteiger partial charge in [-0.25, -0.2) is 8.78 Å². The molecule has 1 aromatic heterocycles. The fourth-order valence-electron chi connectivity index (χ4n) is 2.54. The highest BCUT2D eigenvalue weighted by molar-refractivity contribution is 6.08. The largest absolute Gasteiger partial charge is 0.455 e. The van der Waals surface area contributed by atoms with Crippen LogP contribution in [0.25, 0.3) is 0 Å². The third-order valence-electron chi connectivity index (χ3n) is 3.74. The minimum absolute atomic E-state index is 0.0106. The first kappa shape index (κ1) is 17.7. The molecular formula is C16H6F6N2O2. The molecule has 0 atom stereocenters. The normalized spacial score (nSPS) is 17.1. The summed E-state index contributed by atoms with van der Waals surface area (Å²) in [4.78, 5) is 15.3. The Kier molecular flexibility index (Phi) is 3.90. The first-order chi connectivity index (χ1) is 12.1. The standard InChI is InChI=1S/C16H6F6N2O2/c17-14(18)12-10(26-8-3-7(4-23)5-24-6-8)2-1-9-11(12)13(25)16(21,22)15(9,19)20/h1-3,5-6,14H. The van der Waals surface area contributed by atoms with E-state index in [1.807, 2.05) is 0 Å². The van der Waals surface area contributed by atoms with Crippen LogP contribution >= 0.6 is 0 Å². The number of nitriles is 1. The molecule has 0 radical (unpaired) electrons. The molecule has 0 aliphatic heterocycles. The number of carbonyl (C=O) groups is 1. The number of carbonyl (C=O) groups excluding carboxylic acids is 1. The summed E-state index contributed by atoms with van der Waals surface area (Å²) in [6.07, 6.45) is -1.36. The van der Waals surface area contributed by atoms with Gasteiger partial charge in [0.1, 0.15) is 17.6 Å². The summed E-state index contributed by atoms with van der Waals surface area (Å²) >= 11 is 0. The van der Waals surface area contributed by atoms with Crippen molar-refractivity contribution in [3.05, 3.63) is 52.8 Å². The van der Waals surface area contributed by atoms with Crippen molar-refractivity contribution in [2.24, 2.45) is 0 Å². The monoisotopic (exact) mass is 372 g/mol. The van der Waals surface area contributed by atoms with E-state index in [0.29, 0.717) is 12.1 Å². The van der Waals surface area contributed by atoms with Gasteiger partial charge in [0.15, 0.2) is 0 Å². The molecule has 0 bridgehead atoms. The number of hydrogen-bond acceptors (Lipinski definition) is 4. The van der Waals surface area contributed by atoms with Gasteiger partial charge in [0.05, 0.1) is 17.3 Å². The summed E-state index contributed by atoms with van der Waals surface area (Å²) < 4.78 is 86.6. The highest BCUT2D eigenvalue weighted by Crippen LogP contribution is 2.55. The zero-order valence-electron chi connectivity index (χ0n) is 12.4. The topological polar surface area (TPSA) is 63.0 Å². The van der Waals surface area contributed by atoms with Crippen LogP contribution in [0.4, 0.5) is 26.3 Å². The van der Waals surface area contributed by atoms with E-state index in [9.17, 15) is 31.1 Å². The van der Waals surface area contributed by atoms with Gasteiger partial charge in [0, 0.05) is 23.4 Å². The number of hydrogen-bond donors (Lipinski definition) is 0. The second kappa shape index (κ2) is 5.72. The van der Waals surface area contributed by atoms with Crippen LogP contribution in [0, 0.1) is 11.3 Å². The fourth-order valence-corrected chi connectivity index (χ4v) is 2.54. The lowest BCUT2D eigenvalue weighted by Gasteiger charge is -2.17. The molecule has 2 aromatic rings. The number of ketones is 1. The molecule has 0 saturated heterocycles. The van der Waals surface area contributed by atoms with Crippen molar-refractivity contribution in [3.8, 4) is 17.6 Å². The van der Waals surface area contributed by atoms with Crippen LogP contribution in [0.3, 0.4) is 0 Å². The number of benzene rings is 1. The molecule has 4 nitrogen and oxygen atoms in total. The van der Waals surface area contributed by atoms with Gasteiger partial charge in [-0.05, 0) is 12.1 Å². The summed E-state index contributed by atoms with van der Waals surface area (Å²) in [6, 6.07) is 3.91. The van der Waals surface area contributed by atoms with Crippen molar-refractivity contribution >= 4 is 5.78 Å². The second-order valence-electron chi connectivity index (χ2n) is 5.30. The van der Waals surface area contributed by atoms with E-state index in [1.165, 1.54) is 0 Å². The Morgan fingerprint density at radius 3 is 2.42 bits per heavy atom. The van der Waals surface area contributed by atoms with Gasteiger partial charge in [-0.3, -0.25) is 9.78 Å². The summed E-state index contributed by atoms with van der Waals surface area (Å²) in [5, 5.41) is 8.77. The van der Waals surface area contributed by atoms with E-state index in [0.717, 1.165) is 18.5 Å². The van der Waals surface area contributed by atoms with Crippen LogP contribution in [0.2, 0.25) is 0 Å². The van der Waals surface area contributed by atoms with E-state index < -0.39 is 46.5 Å². The Hall–Kier alpha value is -3.09. The van der Waals surface area contributed by atoms with Crippen molar-refractivity contribution in [1.82, 2.24) is 4.98 Å². The van der Waals surface area contributed by atoms with Crippen LogP contribution in [0.1, 0.15) is 33.5 Å². The Balaban J connectivity index is 2.17. The molecule has 0 amide bonds. The maximum atomic E-state index is 13.8. The molecule has 1 aliphatic rings. The van der Waals surface area contributed by atoms with Gasteiger partial charge in [-0.1, -0.05) is 0 Å². The predicted molar refractivity (Wildman–Crippen MR) is 73.6 cm³/mol. The lowest BCUT2D eigenvalue weighted by atomic mass is 10.0.